The Morgan fingerprint density at radius 1 is 0.963 bits per heavy atom. The molecule has 0 atom stereocenters. The maximum absolute atomic E-state index is 12.4. The van der Waals surface area contributed by atoms with Crippen LogP contribution >= 0.6 is 11.8 Å². The molecule has 2 amide bonds. The van der Waals surface area contributed by atoms with E-state index in [-0.39, 0.29) is 11.8 Å². The van der Waals surface area contributed by atoms with Crippen LogP contribution in [0.3, 0.4) is 0 Å². The molecule has 1 aromatic rings. The molecule has 0 unspecified atom stereocenters. The molecule has 7 nitrogen and oxygen atoms in total. The van der Waals surface area contributed by atoms with Gasteiger partial charge in [-0.05, 0) is 30.5 Å². The molecule has 2 saturated heterocycles. The second-order valence-electron chi connectivity index (χ2n) is 6.82. The van der Waals surface area contributed by atoms with Gasteiger partial charge in [-0.25, -0.2) is 0 Å². The van der Waals surface area contributed by atoms with Crippen molar-refractivity contribution in [2.75, 3.05) is 77.1 Å². The second-order valence-corrected chi connectivity index (χ2v) is 7.70. The van der Waals surface area contributed by atoms with Crippen LogP contribution in [0, 0.1) is 0 Å². The van der Waals surface area contributed by atoms with Crippen LogP contribution < -0.4 is 5.32 Å². The van der Waals surface area contributed by atoms with Crippen molar-refractivity contribution in [3.63, 3.8) is 0 Å². The molecule has 148 valence electrons. The zero-order chi connectivity index (χ0) is 19.1. The predicted molar refractivity (Wildman–Crippen MR) is 107 cm³/mol. The Morgan fingerprint density at radius 2 is 1.59 bits per heavy atom. The Balaban J connectivity index is 1.38. The molecule has 8 heteroatoms. The number of benzene rings is 1. The fourth-order valence-corrected chi connectivity index (χ4v) is 3.69. The quantitative estimate of drug-likeness (QED) is 0.724. The van der Waals surface area contributed by atoms with Crippen LogP contribution in [0.5, 0.6) is 0 Å². The van der Waals surface area contributed by atoms with E-state index < -0.39 is 0 Å². The third-order valence-electron chi connectivity index (χ3n) is 4.93. The largest absolute Gasteiger partial charge is 0.379 e. The normalized spacial score (nSPS) is 19.1. The van der Waals surface area contributed by atoms with Crippen LogP contribution in [0.1, 0.15) is 0 Å². The maximum atomic E-state index is 12.4. The minimum atomic E-state index is -0.0139. The molecule has 0 aromatic heterocycles. The lowest BCUT2D eigenvalue weighted by molar-refractivity contribution is -0.135. The SMILES string of the molecule is CSc1ccc(NC(=O)CN2CCN(C(=O)CN3CCOCC3)CC2)cc1. The highest BCUT2D eigenvalue weighted by atomic mass is 32.2. The number of amides is 2. The van der Waals surface area contributed by atoms with E-state index in [1.54, 1.807) is 11.8 Å². The van der Waals surface area contributed by atoms with Gasteiger partial charge in [-0.2, -0.15) is 0 Å². The van der Waals surface area contributed by atoms with Gasteiger partial charge in [-0.15, -0.1) is 11.8 Å². The standard InChI is InChI=1S/C19H28N4O3S/c1-27-17-4-2-16(3-5-17)20-18(24)14-21-6-8-23(9-7-21)19(25)15-22-10-12-26-13-11-22/h2-5H,6-15H2,1H3,(H,20,24). The van der Waals surface area contributed by atoms with Crippen molar-refractivity contribution in [3.8, 4) is 0 Å². The Morgan fingerprint density at radius 3 is 2.22 bits per heavy atom. The monoisotopic (exact) mass is 392 g/mol. The van der Waals surface area contributed by atoms with E-state index in [9.17, 15) is 9.59 Å². The van der Waals surface area contributed by atoms with Crippen molar-refractivity contribution in [1.29, 1.82) is 0 Å². The molecular weight excluding hydrogens is 364 g/mol. The lowest BCUT2D eigenvalue weighted by atomic mass is 10.2. The van der Waals surface area contributed by atoms with Gasteiger partial charge in [0, 0.05) is 49.9 Å². The number of nitrogens with zero attached hydrogens (tertiary/aromatic N) is 3. The highest BCUT2D eigenvalue weighted by molar-refractivity contribution is 7.98. The molecule has 0 bridgehead atoms. The summed E-state index contributed by atoms with van der Waals surface area (Å²) >= 11 is 1.68. The number of rotatable bonds is 6. The summed E-state index contributed by atoms with van der Waals surface area (Å²) in [5.41, 5.74) is 0.817. The highest BCUT2D eigenvalue weighted by Crippen LogP contribution is 2.17. The summed E-state index contributed by atoms with van der Waals surface area (Å²) in [6, 6.07) is 7.84. The number of morpholine rings is 1. The fourth-order valence-electron chi connectivity index (χ4n) is 3.28. The third kappa shape index (κ3) is 6.21. The van der Waals surface area contributed by atoms with Gasteiger partial charge in [0.25, 0.3) is 0 Å². The van der Waals surface area contributed by atoms with Gasteiger partial charge in [-0.1, -0.05) is 0 Å². The van der Waals surface area contributed by atoms with Gasteiger partial charge in [0.1, 0.15) is 0 Å². The van der Waals surface area contributed by atoms with E-state index in [4.69, 9.17) is 4.74 Å². The Bertz CT molecular complexity index is 626. The third-order valence-corrected chi connectivity index (χ3v) is 5.67. The maximum Gasteiger partial charge on any atom is 0.238 e. The highest BCUT2D eigenvalue weighted by Gasteiger charge is 2.24. The molecule has 0 aliphatic carbocycles. The number of carbonyl (C=O) groups excluding carboxylic acids is 2. The molecular formula is C19H28N4O3S. The second kappa shape index (κ2) is 10.1. The lowest BCUT2D eigenvalue weighted by Gasteiger charge is -2.36. The summed E-state index contributed by atoms with van der Waals surface area (Å²) in [5.74, 6) is 0.162. The van der Waals surface area contributed by atoms with Crippen molar-refractivity contribution < 1.29 is 14.3 Å². The average molecular weight is 393 g/mol. The number of thioether (sulfide) groups is 1. The van der Waals surface area contributed by atoms with Crippen molar-refractivity contribution >= 4 is 29.3 Å². The van der Waals surface area contributed by atoms with E-state index in [1.165, 1.54) is 4.90 Å². The number of hydrogen-bond acceptors (Lipinski definition) is 6. The van der Waals surface area contributed by atoms with E-state index in [0.29, 0.717) is 39.4 Å². The van der Waals surface area contributed by atoms with Crippen LogP contribution in [-0.4, -0.2) is 98.3 Å². The summed E-state index contributed by atoms with van der Waals surface area (Å²) < 4.78 is 5.32. The summed E-state index contributed by atoms with van der Waals surface area (Å²) in [5, 5.41) is 2.94. The first-order valence-corrected chi connectivity index (χ1v) is 10.6. The van der Waals surface area contributed by atoms with Crippen molar-refractivity contribution in [3.05, 3.63) is 24.3 Å². The van der Waals surface area contributed by atoms with Gasteiger partial charge >= 0.3 is 0 Å². The lowest BCUT2D eigenvalue weighted by Crippen LogP contribution is -2.53. The van der Waals surface area contributed by atoms with Crippen LogP contribution in [0.25, 0.3) is 0 Å². The first kappa shape index (κ1) is 20.1. The summed E-state index contributed by atoms with van der Waals surface area (Å²) in [6.45, 7) is 6.70. The zero-order valence-electron chi connectivity index (χ0n) is 15.9. The molecule has 0 spiro atoms. The van der Waals surface area contributed by atoms with Crippen LogP contribution in [0.2, 0.25) is 0 Å². The van der Waals surface area contributed by atoms with Gasteiger partial charge in [0.2, 0.25) is 11.8 Å². The molecule has 0 saturated carbocycles. The number of hydrogen-bond donors (Lipinski definition) is 1. The van der Waals surface area contributed by atoms with Gasteiger partial charge < -0.3 is 15.0 Å². The molecule has 2 aliphatic heterocycles. The molecule has 2 heterocycles. The average Bonchev–Trinajstić information content (AvgIpc) is 2.70. The molecule has 2 aliphatic rings. The smallest absolute Gasteiger partial charge is 0.238 e. The predicted octanol–water partition coefficient (Wildman–Crippen LogP) is 0.823. The molecule has 27 heavy (non-hydrogen) atoms. The summed E-state index contributed by atoms with van der Waals surface area (Å²) in [7, 11) is 0. The first-order valence-electron chi connectivity index (χ1n) is 9.38. The number of carbonyl (C=O) groups is 2. The minimum Gasteiger partial charge on any atom is -0.379 e. The van der Waals surface area contributed by atoms with Crippen molar-refractivity contribution in [2.45, 2.75) is 4.90 Å². The summed E-state index contributed by atoms with van der Waals surface area (Å²) in [4.78, 5) is 32.0. The molecule has 0 radical (unpaired) electrons. The number of ether oxygens (including phenoxy) is 1. The van der Waals surface area contributed by atoms with Gasteiger partial charge in [0.15, 0.2) is 0 Å². The summed E-state index contributed by atoms with van der Waals surface area (Å²) in [6.07, 6.45) is 2.03. The minimum absolute atomic E-state index is 0.0139. The number of nitrogens with one attached hydrogen (secondary N) is 1. The first-order chi connectivity index (χ1) is 13.1. The van der Waals surface area contributed by atoms with Gasteiger partial charge in [-0.3, -0.25) is 19.4 Å². The van der Waals surface area contributed by atoms with Crippen molar-refractivity contribution in [1.82, 2.24) is 14.7 Å². The number of piperazine rings is 1. The molecule has 1 aromatic carbocycles. The Hall–Kier alpha value is -1.61. The molecule has 2 fully saturated rings. The van der Waals surface area contributed by atoms with E-state index in [0.717, 1.165) is 31.9 Å². The van der Waals surface area contributed by atoms with Crippen molar-refractivity contribution in [2.24, 2.45) is 0 Å². The van der Waals surface area contributed by atoms with E-state index in [2.05, 4.69) is 15.1 Å². The topological polar surface area (TPSA) is 65.1 Å². The van der Waals surface area contributed by atoms with Crippen LogP contribution in [0.4, 0.5) is 5.69 Å². The molecule has 1 N–H and O–H groups in total. The zero-order valence-corrected chi connectivity index (χ0v) is 16.7. The van der Waals surface area contributed by atoms with E-state index >= 15 is 0 Å². The van der Waals surface area contributed by atoms with Crippen LogP contribution in [-0.2, 0) is 14.3 Å². The Kier molecular flexibility index (Phi) is 7.51. The fraction of sp³-hybridized carbons (Fsp3) is 0.579. The number of anilines is 1. The van der Waals surface area contributed by atoms with Crippen LogP contribution in [0.15, 0.2) is 29.2 Å². The van der Waals surface area contributed by atoms with E-state index in [1.807, 2.05) is 35.4 Å². The molecule has 3 rings (SSSR count). The van der Waals surface area contributed by atoms with Gasteiger partial charge in [0.05, 0.1) is 26.3 Å². The Labute approximate surface area is 165 Å².